The van der Waals surface area contributed by atoms with Crippen LogP contribution < -0.4 is 5.73 Å². The van der Waals surface area contributed by atoms with Crippen LogP contribution in [0.2, 0.25) is 0 Å². The molecule has 2 aromatic rings. The van der Waals surface area contributed by atoms with Crippen molar-refractivity contribution in [1.29, 1.82) is 0 Å². The minimum absolute atomic E-state index is 0.213. The average molecular weight is 474 g/mol. The Kier molecular flexibility index (Phi) is 9.15. The monoisotopic (exact) mass is 473 g/mol. The van der Waals surface area contributed by atoms with Crippen molar-refractivity contribution in [2.45, 2.75) is 44.8 Å². The third kappa shape index (κ3) is 6.55. The van der Waals surface area contributed by atoms with Crippen LogP contribution in [0.15, 0.2) is 78.4 Å². The largest absolute Gasteiger partial charge is 0.368 e. The number of nitrogens with two attached hydrogens (primary N) is 1. The van der Waals surface area contributed by atoms with Gasteiger partial charge in [-0.1, -0.05) is 79.8 Å². The minimum Gasteiger partial charge on any atom is -0.368 e. The molecule has 0 fully saturated rings. The number of nitrogens with zero attached hydrogens (tertiary/aromatic N) is 2. The number of fused-ring (bicyclic) bond motifs is 1. The SMILES string of the molecule is CC1C=CC=C(C(C=O)N(C=O)C(C)CCN(C)C(Cc2cccc3ccccc23)C(N)=O)C=C1. The van der Waals surface area contributed by atoms with Crippen LogP contribution in [0.3, 0.4) is 0 Å². The van der Waals surface area contributed by atoms with E-state index >= 15 is 0 Å². The van der Waals surface area contributed by atoms with E-state index in [4.69, 9.17) is 5.73 Å². The summed E-state index contributed by atoms with van der Waals surface area (Å²) in [6.45, 7) is 4.52. The van der Waals surface area contributed by atoms with E-state index in [1.807, 2.05) is 73.5 Å². The fourth-order valence-electron chi connectivity index (χ4n) is 4.53. The van der Waals surface area contributed by atoms with E-state index in [1.165, 1.54) is 0 Å². The van der Waals surface area contributed by atoms with Gasteiger partial charge in [0, 0.05) is 12.6 Å². The Hall–Kier alpha value is -3.51. The smallest absolute Gasteiger partial charge is 0.235 e. The minimum atomic E-state index is -0.665. The molecule has 184 valence electrons. The predicted octanol–water partition coefficient (Wildman–Crippen LogP) is 3.66. The zero-order valence-electron chi connectivity index (χ0n) is 20.7. The van der Waals surface area contributed by atoms with Crippen LogP contribution in [0.1, 0.15) is 25.8 Å². The van der Waals surface area contributed by atoms with Crippen LogP contribution in [-0.4, -0.2) is 60.1 Å². The number of amides is 2. The van der Waals surface area contributed by atoms with Crippen LogP contribution in [0.5, 0.6) is 0 Å². The molecule has 0 aromatic heterocycles. The van der Waals surface area contributed by atoms with Crippen molar-refractivity contribution in [3.8, 4) is 0 Å². The summed E-state index contributed by atoms with van der Waals surface area (Å²) in [5.74, 6) is -0.125. The quantitative estimate of drug-likeness (QED) is 0.477. The van der Waals surface area contributed by atoms with Crippen LogP contribution in [0, 0.1) is 5.92 Å². The van der Waals surface area contributed by atoms with Gasteiger partial charge in [-0.05, 0) is 54.6 Å². The highest BCUT2D eigenvalue weighted by molar-refractivity contribution is 5.87. The summed E-state index contributed by atoms with van der Waals surface area (Å²) in [7, 11) is 1.87. The molecular formula is C29H35N3O3. The fraction of sp³-hybridized carbons (Fsp3) is 0.345. The topological polar surface area (TPSA) is 83.7 Å². The molecule has 0 saturated heterocycles. The van der Waals surface area contributed by atoms with E-state index in [0.29, 0.717) is 19.4 Å². The zero-order chi connectivity index (χ0) is 25.4. The summed E-state index contributed by atoms with van der Waals surface area (Å²) in [6.07, 6.45) is 12.4. The lowest BCUT2D eigenvalue weighted by molar-refractivity contribution is -0.126. The molecule has 0 heterocycles. The summed E-state index contributed by atoms with van der Waals surface area (Å²) in [6, 6.07) is 12.8. The Bertz CT molecular complexity index is 1130. The maximum Gasteiger partial charge on any atom is 0.235 e. The first-order valence-electron chi connectivity index (χ1n) is 12.1. The van der Waals surface area contributed by atoms with E-state index in [9.17, 15) is 14.4 Å². The molecule has 2 N–H and O–H groups in total. The molecule has 3 rings (SSSR count). The van der Waals surface area contributed by atoms with Gasteiger partial charge < -0.3 is 15.4 Å². The molecular weight excluding hydrogens is 438 g/mol. The predicted molar refractivity (Wildman–Crippen MR) is 141 cm³/mol. The molecule has 1 aliphatic carbocycles. The van der Waals surface area contributed by atoms with Crippen molar-refractivity contribution in [2.24, 2.45) is 11.7 Å². The number of benzene rings is 2. The van der Waals surface area contributed by atoms with Crippen molar-refractivity contribution in [3.63, 3.8) is 0 Å². The Labute approximate surface area is 207 Å². The number of carbonyl (C=O) groups is 3. The summed E-state index contributed by atoms with van der Waals surface area (Å²) >= 11 is 0. The molecule has 35 heavy (non-hydrogen) atoms. The molecule has 2 aromatic carbocycles. The molecule has 0 saturated carbocycles. The highest BCUT2D eigenvalue weighted by atomic mass is 16.2. The van der Waals surface area contributed by atoms with Crippen LogP contribution in [0.25, 0.3) is 10.8 Å². The van der Waals surface area contributed by atoms with Gasteiger partial charge in [0.15, 0.2) is 0 Å². The number of carbonyl (C=O) groups excluding carboxylic acids is 3. The Morgan fingerprint density at radius 1 is 1.11 bits per heavy atom. The summed E-state index contributed by atoms with van der Waals surface area (Å²) < 4.78 is 0. The fourth-order valence-corrected chi connectivity index (χ4v) is 4.53. The van der Waals surface area contributed by atoms with Gasteiger partial charge in [-0.25, -0.2) is 0 Å². The average Bonchev–Trinajstić information content (AvgIpc) is 3.08. The highest BCUT2D eigenvalue weighted by Crippen LogP contribution is 2.22. The van der Waals surface area contributed by atoms with Crippen molar-refractivity contribution in [3.05, 3.63) is 84.0 Å². The molecule has 2 amide bonds. The van der Waals surface area contributed by atoms with Gasteiger partial charge in [-0.2, -0.15) is 0 Å². The van der Waals surface area contributed by atoms with Crippen molar-refractivity contribution >= 4 is 29.4 Å². The molecule has 4 atom stereocenters. The van der Waals surface area contributed by atoms with Crippen molar-refractivity contribution in [2.75, 3.05) is 13.6 Å². The van der Waals surface area contributed by atoms with Gasteiger partial charge in [0.25, 0.3) is 0 Å². The maximum absolute atomic E-state index is 12.4. The number of hydrogen-bond acceptors (Lipinski definition) is 4. The van der Waals surface area contributed by atoms with Gasteiger partial charge in [0.05, 0.1) is 6.04 Å². The Morgan fingerprint density at radius 2 is 1.86 bits per heavy atom. The zero-order valence-corrected chi connectivity index (χ0v) is 20.7. The number of aldehydes is 1. The van der Waals surface area contributed by atoms with E-state index in [0.717, 1.165) is 34.6 Å². The van der Waals surface area contributed by atoms with Crippen LogP contribution in [-0.2, 0) is 20.8 Å². The molecule has 4 unspecified atom stereocenters. The third-order valence-electron chi connectivity index (χ3n) is 6.77. The second-order valence-electron chi connectivity index (χ2n) is 9.28. The Balaban J connectivity index is 1.70. The first-order chi connectivity index (χ1) is 16.8. The number of hydrogen-bond donors (Lipinski definition) is 1. The summed E-state index contributed by atoms with van der Waals surface area (Å²) in [5, 5.41) is 2.23. The molecule has 0 spiro atoms. The van der Waals surface area contributed by atoms with E-state index < -0.39 is 12.1 Å². The summed E-state index contributed by atoms with van der Waals surface area (Å²) in [5.41, 5.74) is 7.64. The Morgan fingerprint density at radius 3 is 2.57 bits per heavy atom. The number of likely N-dealkylation sites (N-methyl/N-ethyl adjacent to an activating group) is 1. The van der Waals surface area contributed by atoms with E-state index in [-0.39, 0.29) is 17.9 Å². The van der Waals surface area contributed by atoms with Gasteiger partial charge in [-0.15, -0.1) is 0 Å². The standard InChI is InChI=1S/C29H35N3O3/c1-21-8-6-11-24(15-14-21)28(19-33)32(20-34)22(2)16-17-31(3)27(29(30)35)18-25-12-7-10-23-9-4-5-13-26(23)25/h4-15,19-22,27-28H,16-18H2,1-3H3,(H2,30,35). The second-order valence-corrected chi connectivity index (χ2v) is 9.28. The first-order valence-corrected chi connectivity index (χ1v) is 12.1. The van der Waals surface area contributed by atoms with Crippen LogP contribution in [0.4, 0.5) is 0 Å². The second kappa shape index (κ2) is 12.3. The molecule has 0 aliphatic heterocycles. The van der Waals surface area contributed by atoms with Gasteiger partial charge in [0.1, 0.15) is 12.3 Å². The van der Waals surface area contributed by atoms with E-state index in [2.05, 4.69) is 25.1 Å². The lowest BCUT2D eigenvalue weighted by Gasteiger charge is -2.33. The first kappa shape index (κ1) is 26.1. The number of allylic oxidation sites excluding steroid dienone is 4. The maximum atomic E-state index is 12.4. The summed E-state index contributed by atoms with van der Waals surface area (Å²) in [4.78, 5) is 39.8. The van der Waals surface area contributed by atoms with Crippen molar-refractivity contribution in [1.82, 2.24) is 9.80 Å². The van der Waals surface area contributed by atoms with Crippen LogP contribution >= 0.6 is 0 Å². The lowest BCUT2D eigenvalue weighted by atomic mass is 9.97. The number of primary amides is 1. The molecule has 6 heteroatoms. The lowest BCUT2D eigenvalue weighted by Crippen LogP contribution is -2.47. The van der Waals surface area contributed by atoms with Gasteiger partial charge >= 0.3 is 0 Å². The van der Waals surface area contributed by atoms with Gasteiger partial charge in [-0.3, -0.25) is 14.5 Å². The molecule has 0 bridgehead atoms. The highest BCUT2D eigenvalue weighted by Gasteiger charge is 2.27. The molecule has 1 aliphatic rings. The number of rotatable bonds is 12. The molecule has 6 nitrogen and oxygen atoms in total. The third-order valence-corrected chi connectivity index (χ3v) is 6.77. The van der Waals surface area contributed by atoms with Crippen molar-refractivity contribution < 1.29 is 14.4 Å². The normalized spacial score (nSPS) is 17.9. The molecule has 0 radical (unpaired) electrons. The van der Waals surface area contributed by atoms with E-state index in [1.54, 1.807) is 4.90 Å². The van der Waals surface area contributed by atoms with Gasteiger partial charge in [0.2, 0.25) is 12.3 Å².